The molecule has 0 saturated heterocycles. The first-order valence-corrected chi connectivity index (χ1v) is 10.6. The van der Waals surface area contributed by atoms with E-state index in [4.69, 9.17) is 13.9 Å². The highest BCUT2D eigenvalue weighted by atomic mass is 32.1. The summed E-state index contributed by atoms with van der Waals surface area (Å²) in [6, 6.07) is 15.4. The number of hydrogen-bond donors (Lipinski definition) is 0. The summed E-state index contributed by atoms with van der Waals surface area (Å²) in [6.07, 6.45) is -0.588. The van der Waals surface area contributed by atoms with Crippen LogP contribution in [0.1, 0.15) is 30.2 Å². The third-order valence-corrected chi connectivity index (χ3v) is 5.55. The van der Waals surface area contributed by atoms with E-state index < -0.39 is 12.1 Å². The van der Waals surface area contributed by atoms with E-state index >= 15 is 0 Å². The van der Waals surface area contributed by atoms with Crippen molar-refractivity contribution in [3.8, 4) is 27.8 Å². The summed E-state index contributed by atoms with van der Waals surface area (Å²) in [5, 5.41) is 10.8. The lowest BCUT2D eigenvalue weighted by atomic mass is 10.1. The lowest BCUT2D eigenvalue weighted by Gasteiger charge is -2.08. The summed E-state index contributed by atoms with van der Waals surface area (Å²) in [5.41, 5.74) is 3.58. The van der Waals surface area contributed by atoms with E-state index in [-0.39, 0.29) is 12.3 Å². The molecular weight excluding hydrogens is 414 g/mol. The van der Waals surface area contributed by atoms with Gasteiger partial charge in [0.2, 0.25) is 5.89 Å². The molecule has 0 amide bonds. The fraction of sp³-hybridized carbons (Fsp3) is 0.217. The van der Waals surface area contributed by atoms with Crippen molar-refractivity contribution in [3.63, 3.8) is 0 Å². The largest absolute Gasteiger partial charge is 0.497 e. The molecule has 8 heteroatoms. The molecule has 1 atom stereocenters. The maximum Gasteiger partial charge on any atom is 0.312 e. The Morgan fingerprint density at radius 1 is 1.06 bits per heavy atom. The molecule has 0 spiro atoms. The normalized spacial score (nSPS) is 11.8. The molecule has 0 aliphatic rings. The molecule has 4 rings (SSSR count). The van der Waals surface area contributed by atoms with Gasteiger partial charge in [-0.15, -0.1) is 21.5 Å². The van der Waals surface area contributed by atoms with E-state index in [0.29, 0.717) is 11.6 Å². The Kier molecular flexibility index (Phi) is 6.08. The van der Waals surface area contributed by atoms with Gasteiger partial charge in [-0.05, 0) is 50.2 Å². The van der Waals surface area contributed by atoms with Crippen LogP contribution in [-0.2, 0) is 16.0 Å². The van der Waals surface area contributed by atoms with Crippen LogP contribution in [0.25, 0.3) is 22.0 Å². The number of ether oxygens (including phenoxy) is 2. The number of thiazole rings is 1. The molecule has 2 heterocycles. The van der Waals surface area contributed by atoms with Gasteiger partial charge in [0.15, 0.2) is 6.10 Å². The van der Waals surface area contributed by atoms with Crippen LogP contribution < -0.4 is 4.74 Å². The van der Waals surface area contributed by atoms with Crippen LogP contribution in [0.15, 0.2) is 58.3 Å². The number of rotatable bonds is 7. The van der Waals surface area contributed by atoms with Crippen LogP contribution in [-0.4, -0.2) is 28.3 Å². The lowest BCUT2D eigenvalue weighted by Crippen LogP contribution is -2.12. The Morgan fingerprint density at radius 3 is 2.48 bits per heavy atom. The summed E-state index contributed by atoms with van der Waals surface area (Å²) < 4.78 is 16.3. The van der Waals surface area contributed by atoms with E-state index in [1.807, 2.05) is 60.8 Å². The second kappa shape index (κ2) is 9.09. The zero-order valence-corrected chi connectivity index (χ0v) is 18.2. The molecule has 0 fully saturated rings. The molecule has 158 valence electrons. The first kappa shape index (κ1) is 20.7. The van der Waals surface area contributed by atoms with Crippen molar-refractivity contribution < 1.29 is 18.7 Å². The van der Waals surface area contributed by atoms with Gasteiger partial charge in [-0.25, -0.2) is 4.98 Å². The smallest absolute Gasteiger partial charge is 0.312 e. The predicted octanol–water partition coefficient (Wildman–Crippen LogP) is 5.02. The zero-order chi connectivity index (χ0) is 21.8. The SMILES string of the molecule is COc1ccc(-c2nc(CC(=O)OC(C)c3nnc(-c4ccc(C)cc4)o3)cs2)cc1. The number of benzene rings is 2. The van der Waals surface area contributed by atoms with Crippen molar-refractivity contribution in [2.24, 2.45) is 0 Å². The highest BCUT2D eigenvalue weighted by Crippen LogP contribution is 2.27. The van der Waals surface area contributed by atoms with Gasteiger partial charge in [0.1, 0.15) is 10.8 Å². The number of carbonyl (C=O) groups excluding carboxylic acids is 1. The molecule has 2 aromatic heterocycles. The van der Waals surface area contributed by atoms with Crippen molar-refractivity contribution in [2.75, 3.05) is 7.11 Å². The number of esters is 1. The van der Waals surface area contributed by atoms with Crippen molar-refractivity contribution in [2.45, 2.75) is 26.4 Å². The van der Waals surface area contributed by atoms with Gasteiger partial charge in [0, 0.05) is 16.5 Å². The summed E-state index contributed by atoms with van der Waals surface area (Å²) in [4.78, 5) is 16.9. The van der Waals surface area contributed by atoms with E-state index in [0.717, 1.165) is 27.4 Å². The van der Waals surface area contributed by atoms with E-state index in [1.165, 1.54) is 11.3 Å². The van der Waals surface area contributed by atoms with Gasteiger partial charge in [0.25, 0.3) is 5.89 Å². The van der Waals surface area contributed by atoms with Crippen molar-refractivity contribution >= 4 is 17.3 Å². The molecule has 0 bridgehead atoms. The Bertz CT molecular complexity index is 1170. The minimum Gasteiger partial charge on any atom is -0.497 e. The number of carbonyl (C=O) groups is 1. The Balaban J connectivity index is 1.36. The van der Waals surface area contributed by atoms with Crippen molar-refractivity contribution in [1.29, 1.82) is 0 Å². The number of hydrogen-bond acceptors (Lipinski definition) is 8. The summed E-state index contributed by atoms with van der Waals surface area (Å²) >= 11 is 1.47. The molecule has 31 heavy (non-hydrogen) atoms. The fourth-order valence-electron chi connectivity index (χ4n) is 2.90. The number of aromatic nitrogens is 3. The van der Waals surface area contributed by atoms with Crippen LogP contribution in [0.5, 0.6) is 5.75 Å². The third-order valence-electron chi connectivity index (χ3n) is 4.61. The molecule has 0 aliphatic carbocycles. The minimum absolute atomic E-state index is 0.0654. The molecule has 2 aromatic carbocycles. The van der Waals surface area contributed by atoms with Crippen LogP contribution in [0.4, 0.5) is 0 Å². The Labute approximate surface area is 183 Å². The second-order valence-corrected chi connectivity index (χ2v) is 7.85. The second-order valence-electron chi connectivity index (χ2n) is 6.99. The monoisotopic (exact) mass is 435 g/mol. The molecule has 4 aromatic rings. The van der Waals surface area contributed by atoms with Gasteiger partial charge in [-0.3, -0.25) is 4.79 Å². The van der Waals surface area contributed by atoms with Gasteiger partial charge in [-0.1, -0.05) is 17.7 Å². The molecule has 0 saturated carbocycles. The molecule has 1 unspecified atom stereocenters. The van der Waals surface area contributed by atoms with E-state index in [1.54, 1.807) is 14.0 Å². The highest BCUT2D eigenvalue weighted by molar-refractivity contribution is 7.13. The van der Waals surface area contributed by atoms with Crippen LogP contribution in [0, 0.1) is 6.92 Å². The minimum atomic E-state index is -0.654. The number of nitrogens with zero attached hydrogens (tertiary/aromatic N) is 3. The van der Waals surface area contributed by atoms with Crippen molar-refractivity contribution in [3.05, 3.63) is 71.1 Å². The zero-order valence-electron chi connectivity index (χ0n) is 17.4. The topological polar surface area (TPSA) is 87.3 Å². The summed E-state index contributed by atoms with van der Waals surface area (Å²) in [7, 11) is 1.63. The number of methoxy groups -OCH3 is 1. The van der Waals surface area contributed by atoms with Crippen LogP contribution in [0.3, 0.4) is 0 Å². The standard InChI is InChI=1S/C23H21N3O4S/c1-14-4-6-16(7-5-14)22-26-25-21(30-22)15(2)29-20(27)12-18-13-31-23(24-18)17-8-10-19(28-3)11-9-17/h4-11,13,15H,12H2,1-3H3. The van der Waals surface area contributed by atoms with Gasteiger partial charge < -0.3 is 13.9 Å². The maximum atomic E-state index is 12.4. The average Bonchev–Trinajstić information content (AvgIpc) is 3.44. The van der Waals surface area contributed by atoms with E-state index in [2.05, 4.69) is 15.2 Å². The van der Waals surface area contributed by atoms with Gasteiger partial charge >= 0.3 is 5.97 Å². The predicted molar refractivity (Wildman–Crippen MR) is 117 cm³/mol. The fourth-order valence-corrected chi connectivity index (χ4v) is 3.73. The quantitative estimate of drug-likeness (QED) is 0.377. The number of aryl methyl sites for hydroxylation is 1. The third kappa shape index (κ3) is 4.97. The summed E-state index contributed by atoms with van der Waals surface area (Å²) in [5.74, 6) is 1.02. The van der Waals surface area contributed by atoms with Gasteiger partial charge in [-0.2, -0.15) is 0 Å². The Morgan fingerprint density at radius 2 is 1.77 bits per heavy atom. The van der Waals surface area contributed by atoms with Crippen LogP contribution >= 0.6 is 11.3 Å². The Hall–Kier alpha value is -3.52. The first-order valence-electron chi connectivity index (χ1n) is 9.70. The molecular formula is C23H21N3O4S. The molecule has 0 N–H and O–H groups in total. The summed E-state index contributed by atoms with van der Waals surface area (Å²) in [6.45, 7) is 3.71. The molecule has 0 radical (unpaired) electrons. The van der Waals surface area contributed by atoms with Crippen LogP contribution in [0.2, 0.25) is 0 Å². The van der Waals surface area contributed by atoms with Crippen molar-refractivity contribution in [1.82, 2.24) is 15.2 Å². The highest BCUT2D eigenvalue weighted by Gasteiger charge is 2.20. The average molecular weight is 436 g/mol. The van der Waals surface area contributed by atoms with E-state index in [9.17, 15) is 4.79 Å². The lowest BCUT2D eigenvalue weighted by molar-refractivity contribution is -0.148. The maximum absolute atomic E-state index is 12.4. The molecule has 0 aliphatic heterocycles. The van der Waals surface area contributed by atoms with Gasteiger partial charge in [0.05, 0.1) is 19.2 Å². The molecule has 7 nitrogen and oxygen atoms in total. The first-order chi connectivity index (χ1) is 15.0.